The highest BCUT2D eigenvalue weighted by molar-refractivity contribution is 6.03. The van der Waals surface area contributed by atoms with Gasteiger partial charge in [0.1, 0.15) is 11.5 Å². The minimum Gasteiger partial charge on any atom is -0.342 e. The van der Waals surface area contributed by atoms with Crippen LogP contribution in [-0.4, -0.2) is 26.1 Å². The van der Waals surface area contributed by atoms with Crippen LogP contribution in [0.1, 0.15) is 54.3 Å². The number of imidazole rings is 1. The number of anilines is 1. The molecule has 0 radical (unpaired) electrons. The van der Waals surface area contributed by atoms with E-state index in [2.05, 4.69) is 20.5 Å². The number of hydrogen-bond donors (Lipinski definition) is 3. The highest BCUT2D eigenvalue weighted by Crippen LogP contribution is 2.32. The first-order valence-corrected chi connectivity index (χ1v) is 8.56. The summed E-state index contributed by atoms with van der Waals surface area (Å²) in [5, 5.41) is 8.77. The van der Waals surface area contributed by atoms with Crippen LogP contribution in [0.15, 0.2) is 35.1 Å². The molecule has 1 saturated carbocycles. The Morgan fingerprint density at radius 3 is 2.72 bits per heavy atom. The van der Waals surface area contributed by atoms with E-state index in [0.717, 1.165) is 16.9 Å². The Labute approximate surface area is 143 Å². The third kappa shape index (κ3) is 3.31. The minimum absolute atomic E-state index is 0.159. The molecular weight excluding hydrogens is 318 g/mol. The first kappa shape index (κ1) is 15.6. The Balaban J connectivity index is 1.55. The number of rotatable bonds is 3. The van der Waals surface area contributed by atoms with Gasteiger partial charge in [-0.25, -0.2) is 10.1 Å². The van der Waals surface area contributed by atoms with Crippen LogP contribution in [0.4, 0.5) is 5.69 Å². The van der Waals surface area contributed by atoms with Gasteiger partial charge in [0.25, 0.3) is 11.5 Å². The maximum Gasteiger partial charge on any atom is 0.276 e. The smallest absolute Gasteiger partial charge is 0.276 e. The zero-order valence-corrected chi connectivity index (χ0v) is 13.7. The average Bonchev–Trinajstić information content (AvgIpc) is 3.06. The molecule has 0 bridgehead atoms. The fraction of sp³-hybridized carbons (Fsp3) is 0.333. The Morgan fingerprint density at radius 2 is 1.96 bits per heavy atom. The Morgan fingerprint density at radius 1 is 1.12 bits per heavy atom. The number of nitrogens with zero attached hydrogens (tertiary/aromatic N) is 2. The number of benzene rings is 1. The number of aromatic amines is 2. The molecule has 1 aromatic carbocycles. The van der Waals surface area contributed by atoms with E-state index in [0.29, 0.717) is 11.6 Å². The number of fused-ring (bicyclic) bond motifs is 1. The fourth-order valence-electron chi connectivity index (χ4n) is 3.34. The van der Waals surface area contributed by atoms with Crippen LogP contribution >= 0.6 is 0 Å². The van der Waals surface area contributed by atoms with Gasteiger partial charge in [-0.05, 0) is 37.1 Å². The van der Waals surface area contributed by atoms with Gasteiger partial charge in [-0.3, -0.25) is 9.59 Å². The van der Waals surface area contributed by atoms with E-state index in [9.17, 15) is 9.59 Å². The molecule has 1 amide bonds. The second kappa shape index (κ2) is 6.51. The second-order valence-electron chi connectivity index (χ2n) is 6.45. The van der Waals surface area contributed by atoms with E-state index >= 15 is 0 Å². The third-order valence-corrected chi connectivity index (χ3v) is 4.66. The lowest BCUT2D eigenvalue weighted by Crippen LogP contribution is -2.17. The van der Waals surface area contributed by atoms with Crippen molar-refractivity contribution in [3.05, 3.63) is 52.2 Å². The van der Waals surface area contributed by atoms with E-state index in [1.165, 1.54) is 44.2 Å². The first-order chi connectivity index (χ1) is 12.2. The maximum atomic E-state index is 12.2. The molecule has 1 aliphatic rings. The van der Waals surface area contributed by atoms with Crippen molar-refractivity contribution < 1.29 is 4.79 Å². The molecule has 0 unspecified atom stereocenters. The van der Waals surface area contributed by atoms with Gasteiger partial charge in [-0.2, -0.15) is 5.10 Å². The number of amides is 1. The van der Waals surface area contributed by atoms with Crippen LogP contribution in [0.25, 0.3) is 11.0 Å². The number of aromatic nitrogens is 4. The van der Waals surface area contributed by atoms with Gasteiger partial charge in [0, 0.05) is 17.7 Å². The average molecular weight is 337 g/mol. The van der Waals surface area contributed by atoms with Crippen LogP contribution in [0.3, 0.4) is 0 Å². The molecule has 0 aliphatic heterocycles. The van der Waals surface area contributed by atoms with E-state index in [4.69, 9.17) is 4.98 Å². The minimum atomic E-state index is -0.373. The summed E-state index contributed by atoms with van der Waals surface area (Å²) >= 11 is 0. The predicted molar refractivity (Wildman–Crippen MR) is 94.7 cm³/mol. The highest BCUT2D eigenvalue weighted by Gasteiger charge is 2.19. The van der Waals surface area contributed by atoms with Crippen molar-refractivity contribution in [3.8, 4) is 0 Å². The molecular formula is C18H19N5O2. The van der Waals surface area contributed by atoms with E-state index < -0.39 is 0 Å². The molecule has 1 aliphatic carbocycles. The molecule has 7 heteroatoms. The maximum absolute atomic E-state index is 12.2. The van der Waals surface area contributed by atoms with Gasteiger partial charge in [0.15, 0.2) is 0 Å². The van der Waals surface area contributed by atoms with Gasteiger partial charge in [0.05, 0.1) is 11.0 Å². The van der Waals surface area contributed by atoms with Gasteiger partial charge < -0.3 is 10.3 Å². The van der Waals surface area contributed by atoms with Crippen molar-refractivity contribution >= 4 is 22.6 Å². The normalized spacial score (nSPS) is 15.4. The van der Waals surface area contributed by atoms with E-state index in [1.807, 2.05) is 18.2 Å². The second-order valence-corrected chi connectivity index (χ2v) is 6.45. The fourth-order valence-corrected chi connectivity index (χ4v) is 3.34. The summed E-state index contributed by atoms with van der Waals surface area (Å²) in [6.07, 6.45) is 6.19. The zero-order valence-electron chi connectivity index (χ0n) is 13.7. The largest absolute Gasteiger partial charge is 0.342 e. The molecule has 2 heterocycles. The van der Waals surface area contributed by atoms with Crippen LogP contribution in [0.5, 0.6) is 0 Å². The summed E-state index contributed by atoms with van der Waals surface area (Å²) in [5.74, 6) is 1.17. The first-order valence-electron chi connectivity index (χ1n) is 8.56. The van der Waals surface area contributed by atoms with Crippen LogP contribution in [0, 0.1) is 0 Å². The predicted octanol–water partition coefficient (Wildman–Crippen LogP) is 2.95. The summed E-state index contributed by atoms with van der Waals surface area (Å²) in [5.41, 5.74) is 2.29. The molecule has 7 nitrogen and oxygen atoms in total. The summed E-state index contributed by atoms with van der Waals surface area (Å²) in [6, 6.07) is 8.25. The molecule has 0 saturated heterocycles. The van der Waals surface area contributed by atoms with E-state index in [1.54, 1.807) is 0 Å². The molecule has 25 heavy (non-hydrogen) atoms. The molecule has 128 valence electrons. The molecule has 4 rings (SSSR count). The SMILES string of the molecule is O=C(Nc1ccc2nc(C3CCCCC3)[nH]c2c1)c1ccc(=O)[nH]n1. The Bertz CT molecular complexity index is 949. The molecule has 1 fully saturated rings. The van der Waals surface area contributed by atoms with Gasteiger partial charge in [0.2, 0.25) is 0 Å². The van der Waals surface area contributed by atoms with Crippen LogP contribution in [-0.2, 0) is 0 Å². The lowest BCUT2D eigenvalue weighted by atomic mass is 9.89. The number of H-pyrrole nitrogens is 2. The Hall–Kier alpha value is -2.96. The molecule has 0 spiro atoms. The standard InChI is InChI=1S/C18H19N5O2/c24-16-9-8-14(22-23-16)18(25)19-12-6-7-13-15(10-12)21-17(20-13)11-4-2-1-3-5-11/h6-11H,1-5H2,(H,19,25)(H,20,21)(H,23,24). The van der Waals surface area contributed by atoms with Crippen molar-refractivity contribution in [2.24, 2.45) is 0 Å². The van der Waals surface area contributed by atoms with Gasteiger partial charge >= 0.3 is 0 Å². The topological polar surface area (TPSA) is 104 Å². The molecule has 0 atom stereocenters. The number of carbonyl (C=O) groups excluding carboxylic acids is 1. The van der Waals surface area contributed by atoms with Crippen molar-refractivity contribution in [1.82, 2.24) is 20.2 Å². The highest BCUT2D eigenvalue weighted by atomic mass is 16.2. The van der Waals surface area contributed by atoms with Crippen molar-refractivity contribution in [2.75, 3.05) is 5.32 Å². The van der Waals surface area contributed by atoms with Gasteiger partial charge in [-0.1, -0.05) is 19.3 Å². The number of nitrogens with one attached hydrogen (secondary N) is 3. The molecule has 3 aromatic rings. The van der Waals surface area contributed by atoms with Crippen LogP contribution < -0.4 is 10.9 Å². The molecule has 2 aromatic heterocycles. The summed E-state index contributed by atoms with van der Waals surface area (Å²) in [7, 11) is 0. The van der Waals surface area contributed by atoms with Crippen molar-refractivity contribution in [2.45, 2.75) is 38.0 Å². The lowest BCUT2D eigenvalue weighted by Gasteiger charge is -2.18. The zero-order chi connectivity index (χ0) is 17.2. The monoisotopic (exact) mass is 337 g/mol. The number of hydrogen-bond acceptors (Lipinski definition) is 4. The summed E-state index contributed by atoms with van der Waals surface area (Å²) in [4.78, 5) is 31.3. The van der Waals surface area contributed by atoms with E-state index in [-0.39, 0.29) is 17.2 Å². The van der Waals surface area contributed by atoms with Crippen molar-refractivity contribution in [1.29, 1.82) is 0 Å². The third-order valence-electron chi connectivity index (χ3n) is 4.66. The summed E-state index contributed by atoms with van der Waals surface area (Å²) < 4.78 is 0. The quantitative estimate of drug-likeness (QED) is 0.683. The summed E-state index contributed by atoms with van der Waals surface area (Å²) in [6.45, 7) is 0. The Kier molecular flexibility index (Phi) is 4.05. The lowest BCUT2D eigenvalue weighted by molar-refractivity contribution is 0.102. The van der Waals surface area contributed by atoms with Crippen molar-refractivity contribution in [3.63, 3.8) is 0 Å². The number of carbonyl (C=O) groups is 1. The van der Waals surface area contributed by atoms with Gasteiger partial charge in [-0.15, -0.1) is 0 Å². The molecule has 3 N–H and O–H groups in total. The van der Waals surface area contributed by atoms with Crippen LogP contribution in [0.2, 0.25) is 0 Å².